The molecule has 3 N–H and O–H groups in total. The van der Waals surface area contributed by atoms with E-state index in [1.807, 2.05) is 21.1 Å². The Morgan fingerprint density at radius 1 is 0.635 bits per heavy atom. The summed E-state index contributed by atoms with van der Waals surface area (Å²) in [5.74, 6) is -0.152. The maximum Gasteiger partial charge on any atom is 0.472 e. The molecule has 0 aliphatic heterocycles. The molecule has 0 bridgehead atoms. The number of likely N-dealkylation sites (N-methyl/N-ethyl adjacent to an activating group) is 1. The lowest BCUT2D eigenvalue weighted by atomic mass is 10.0. The molecule has 0 saturated heterocycles. The van der Waals surface area contributed by atoms with Crippen molar-refractivity contribution in [3.63, 3.8) is 0 Å². The monoisotopic (exact) mass is 760 g/mol. The molecule has 3 atom stereocenters. The first kappa shape index (κ1) is 51.2. The van der Waals surface area contributed by atoms with Crippen LogP contribution < -0.4 is 5.32 Å². The van der Waals surface area contributed by atoms with E-state index < -0.39 is 20.0 Å². The number of unbranched alkanes of at least 4 members (excludes halogenated alkanes) is 25. The predicted octanol–water partition coefficient (Wildman–Crippen LogP) is 12.0. The number of hydrogen-bond acceptors (Lipinski definition) is 5. The highest BCUT2D eigenvalue weighted by molar-refractivity contribution is 7.47. The first-order valence-electron chi connectivity index (χ1n) is 22.1. The number of rotatable bonds is 40. The second-order valence-corrected chi connectivity index (χ2v) is 17.9. The highest BCUT2D eigenvalue weighted by atomic mass is 31.2. The van der Waals surface area contributed by atoms with Crippen LogP contribution in [0.4, 0.5) is 0 Å². The molecule has 1 amide bonds. The van der Waals surface area contributed by atoms with Crippen molar-refractivity contribution >= 4 is 13.7 Å². The third-order valence-electron chi connectivity index (χ3n) is 10.0. The van der Waals surface area contributed by atoms with E-state index in [1.54, 1.807) is 0 Å². The summed E-state index contributed by atoms with van der Waals surface area (Å²) in [5, 5.41) is 13.9. The molecule has 0 fully saturated rings. The molecule has 0 saturated carbocycles. The van der Waals surface area contributed by atoms with Gasteiger partial charge in [-0.05, 0) is 38.5 Å². The molecule has 0 aromatic heterocycles. The smallest absolute Gasteiger partial charge is 0.391 e. The van der Waals surface area contributed by atoms with Crippen LogP contribution in [0.1, 0.15) is 206 Å². The van der Waals surface area contributed by atoms with Crippen molar-refractivity contribution in [3.05, 3.63) is 12.2 Å². The van der Waals surface area contributed by atoms with Gasteiger partial charge in [0.1, 0.15) is 13.2 Å². The first-order chi connectivity index (χ1) is 25.0. The molecule has 0 aliphatic carbocycles. The quantitative estimate of drug-likeness (QED) is 0.0249. The second-order valence-electron chi connectivity index (χ2n) is 16.4. The third kappa shape index (κ3) is 37.6. The van der Waals surface area contributed by atoms with Gasteiger partial charge in [-0.1, -0.05) is 174 Å². The van der Waals surface area contributed by atoms with Crippen molar-refractivity contribution in [3.8, 4) is 0 Å². The molecular weight excluding hydrogens is 671 g/mol. The molecule has 0 radical (unpaired) electrons. The third-order valence-corrected chi connectivity index (χ3v) is 11.0. The molecule has 52 heavy (non-hydrogen) atoms. The fourth-order valence-electron chi connectivity index (χ4n) is 6.45. The van der Waals surface area contributed by atoms with Crippen molar-refractivity contribution in [1.29, 1.82) is 0 Å². The zero-order valence-corrected chi connectivity index (χ0v) is 36.0. The van der Waals surface area contributed by atoms with Gasteiger partial charge in [-0.25, -0.2) is 4.57 Å². The minimum atomic E-state index is -4.31. The number of hydrogen-bond donors (Lipinski definition) is 3. The largest absolute Gasteiger partial charge is 0.472 e. The van der Waals surface area contributed by atoms with Gasteiger partial charge in [0.25, 0.3) is 0 Å². The van der Waals surface area contributed by atoms with E-state index in [-0.39, 0.29) is 19.1 Å². The topological polar surface area (TPSA) is 105 Å². The summed E-state index contributed by atoms with van der Waals surface area (Å²) in [6, 6.07) is -0.770. The average molecular weight is 760 g/mol. The molecule has 310 valence electrons. The molecule has 0 aromatic rings. The van der Waals surface area contributed by atoms with E-state index in [4.69, 9.17) is 9.05 Å². The Morgan fingerprint density at radius 2 is 1.04 bits per heavy atom. The van der Waals surface area contributed by atoms with Crippen molar-refractivity contribution in [2.75, 3.05) is 40.9 Å². The van der Waals surface area contributed by atoms with Crippen LogP contribution in [-0.2, 0) is 18.4 Å². The van der Waals surface area contributed by atoms with Crippen LogP contribution in [0.5, 0.6) is 0 Å². The first-order valence-corrected chi connectivity index (χ1v) is 23.5. The summed E-state index contributed by atoms with van der Waals surface area (Å²) >= 11 is 0. The Labute approximate surface area is 322 Å². The SMILES string of the molecule is CCCCCCCCCC/C=C/CCCC[C@@H](O)[C@H](COP(=O)(O)OCC[N+](C)(C)C)NC(=O)CCCCCCCCCCCCCCCCCC. The fourth-order valence-corrected chi connectivity index (χ4v) is 7.19. The van der Waals surface area contributed by atoms with E-state index in [2.05, 4.69) is 31.3 Å². The highest BCUT2D eigenvalue weighted by Crippen LogP contribution is 2.43. The average Bonchev–Trinajstić information content (AvgIpc) is 3.09. The number of amides is 1. The Kier molecular flexibility index (Phi) is 35.4. The highest BCUT2D eigenvalue weighted by Gasteiger charge is 2.28. The lowest BCUT2D eigenvalue weighted by molar-refractivity contribution is -0.870. The van der Waals surface area contributed by atoms with Gasteiger partial charge in [0.15, 0.2) is 0 Å². The second kappa shape index (κ2) is 35.9. The van der Waals surface area contributed by atoms with Gasteiger partial charge >= 0.3 is 7.82 Å². The van der Waals surface area contributed by atoms with Crippen molar-refractivity contribution in [1.82, 2.24) is 5.32 Å². The van der Waals surface area contributed by atoms with Gasteiger partial charge in [0.05, 0.1) is 39.9 Å². The number of quaternary nitrogens is 1. The van der Waals surface area contributed by atoms with Crippen LogP contribution in [0, 0.1) is 0 Å². The van der Waals surface area contributed by atoms with Gasteiger partial charge in [0.2, 0.25) is 5.91 Å². The zero-order chi connectivity index (χ0) is 38.6. The van der Waals surface area contributed by atoms with E-state index in [9.17, 15) is 19.4 Å². The summed E-state index contributed by atoms with van der Waals surface area (Å²) in [4.78, 5) is 23.1. The number of aliphatic hydroxyl groups is 1. The number of phosphoric ester groups is 1. The molecule has 0 aliphatic rings. The Bertz CT molecular complexity index is 865. The molecule has 0 rings (SSSR count). The molecule has 8 nitrogen and oxygen atoms in total. The zero-order valence-electron chi connectivity index (χ0n) is 35.1. The Morgan fingerprint density at radius 3 is 1.48 bits per heavy atom. The van der Waals surface area contributed by atoms with Crippen molar-refractivity contribution in [2.24, 2.45) is 0 Å². The van der Waals surface area contributed by atoms with Crippen LogP contribution in [0.25, 0.3) is 0 Å². The lowest BCUT2D eigenvalue weighted by Gasteiger charge is -2.26. The van der Waals surface area contributed by atoms with Crippen molar-refractivity contribution in [2.45, 2.75) is 219 Å². The minimum Gasteiger partial charge on any atom is -0.391 e. The summed E-state index contributed by atoms with van der Waals surface area (Å²) in [7, 11) is 1.61. The summed E-state index contributed by atoms with van der Waals surface area (Å²) in [6.45, 7) is 4.87. The Hall–Kier alpha value is -0.760. The van der Waals surface area contributed by atoms with Crippen LogP contribution >= 0.6 is 7.82 Å². The molecule has 0 heterocycles. The number of carbonyl (C=O) groups is 1. The number of allylic oxidation sites excluding steroid dienone is 2. The molecule has 1 unspecified atom stereocenters. The Balaban J connectivity index is 4.39. The number of aliphatic hydroxyl groups excluding tert-OH is 1. The lowest BCUT2D eigenvalue weighted by Crippen LogP contribution is -2.46. The van der Waals surface area contributed by atoms with Gasteiger partial charge in [-0.3, -0.25) is 13.8 Å². The van der Waals surface area contributed by atoms with E-state index in [0.717, 1.165) is 44.9 Å². The van der Waals surface area contributed by atoms with Crippen LogP contribution in [0.3, 0.4) is 0 Å². The predicted molar refractivity (Wildman–Crippen MR) is 222 cm³/mol. The van der Waals surface area contributed by atoms with Gasteiger partial charge in [-0.2, -0.15) is 0 Å². The molecule has 0 aromatic carbocycles. The summed E-state index contributed by atoms with van der Waals surface area (Å²) in [5.41, 5.74) is 0. The molecule has 9 heteroatoms. The fraction of sp³-hybridized carbons (Fsp3) is 0.930. The van der Waals surface area contributed by atoms with Gasteiger partial charge in [-0.15, -0.1) is 0 Å². The van der Waals surface area contributed by atoms with Crippen molar-refractivity contribution < 1.29 is 32.9 Å². The standard InChI is InChI=1S/C43H87N2O6P/c1-6-8-10-12-14-16-18-20-22-23-25-27-29-31-33-35-37-43(47)44-41(40-51-52(48,49)50-39-38-45(3,4)5)42(46)36-34-32-30-28-26-24-21-19-17-15-13-11-9-7-2/h26,28,41-42,46H,6-25,27,29-40H2,1-5H3,(H-,44,47,48,49)/p+1/b28-26+/t41-,42+/m0/s1. The van der Waals surface area contributed by atoms with E-state index >= 15 is 0 Å². The van der Waals surface area contributed by atoms with E-state index in [0.29, 0.717) is 23.9 Å². The molecular formula is C43H88N2O6P+. The van der Waals surface area contributed by atoms with Crippen LogP contribution in [0.2, 0.25) is 0 Å². The normalized spacial score (nSPS) is 14.5. The summed E-state index contributed by atoms with van der Waals surface area (Å²) < 4.78 is 23.6. The number of nitrogens with one attached hydrogen (secondary N) is 1. The maximum absolute atomic E-state index is 12.9. The maximum atomic E-state index is 12.9. The number of phosphoric acid groups is 1. The number of nitrogens with zero attached hydrogens (tertiary/aromatic N) is 1. The van der Waals surface area contributed by atoms with Gasteiger partial charge in [0, 0.05) is 6.42 Å². The minimum absolute atomic E-state index is 0.0721. The van der Waals surface area contributed by atoms with E-state index in [1.165, 1.54) is 135 Å². The summed E-state index contributed by atoms with van der Waals surface area (Å²) in [6.07, 6.45) is 39.5. The molecule has 0 spiro atoms. The van der Waals surface area contributed by atoms with Crippen LogP contribution in [0.15, 0.2) is 12.2 Å². The van der Waals surface area contributed by atoms with Gasteiger partial charge < -0.3 is 19.8 Å². The van der Waals surface area contributed by atoms with Crippen LogP contribution in [-0.4, -0.2) is 73.4 Å². The number of carbonyl (C=O) groups excluding carboxylic acids is 1.